The van der Waals surface area contributed by atoms with Crippen LogP contribution in [0.3, 0.4) is 0 Å². The Balaban J connectivity index is 1.33. The fourth-order valence-corrected chi connectivity index (χ4v) is 8.15. The van der Waals surface area contributed by atoms with E-state index >= 15 is 0 Å². The molecule has 1 N–H and O–H groups in total. The van der Waals surface area contributed by atoms with Crippen molar-refractivity contribution >= 4 is 57.8 Å². The second-order valence-corrected chi connectivity index (χ2v) is 16.9. The fourth-order valence-electron chi connectivity index (χ4n) is 8.15. The molecule has 0 amide bonds. The van der Waals surface area contributed by atoms with Crippen LogP contribution in [0.5, 0.6) is 0 Å². The number of rotatable bonds is 6. The molecule has 5 aromatic rings. The topological polar surface area (TPSA) is 15.3 Å². The van der Waals surface area contributed by atoms with E-state index in [1.807, 2.05) is 0 Å². The lowest BCUT2D eigenvalue weighted by Gasteiger charge is -2.37. The van der Waals surface area contributed by atoms with Crippen LogP contribution in [-0.4, -0.2) is 7.28 Å². The second-order valence-electron chi connectivity index (χ2n) is 16.9. The maximum absolute atomic E-state index is 4.00. The van der Waals surface area contributed by atoms with Gasteiger partial charge in [0.15, 0.2) is 7.28 Å². The molecule has 0 aromatic heterocycles. The number of nitrogens with one attached hydrogen (secondary N) is 1. The number of fused-ring (bicyclic) bond motifs is 2. The van der Waals surface area contributed by atoms with Gasteiger partial charge in [-0.05, 0) is 100 Å². The van der Waals surface area contributed by atoms with Gasteiger partial charge in [0, 0.05) is 39.4 Å². The Bertz CT molecular complexity index is 2320. The van der Waals surface area contributed by atoms with Crippen LogP contribution in [0.15, 0.2) is 140 Å². The molecule has 3 aliphatic rings. The zero-order valence-corrected chi connectivity index (χ0v) is 32.3. The van der Waals surface area contributed by atoms with Crippen molar-refractivity contribution in [1.29, 1.82) is 0 Å². The average molecular weight is 691 g/mol. The third-order valence-electron chi connectivity index (χ3n) is 11.2. The van der Waals surface area contributed by atoms with E-state index in [1.54, 1.807) is 0 Å². The molecule has 1 heterocycles. The highest BCUT2D eigenvalue weighted by Crippen LogP contribution is 2.44. The van der Waals surface area contributed by atoms with E-state index in [0.717, 1.165) is 44.3 Å². The number of anilines is 5. The number of allylic oxidation sites excluding steroid dienone is 8. The molecule has 0 atom stereocenters. The van der Waals surface area contributed by atoms with Gasteiger partial charge in [-0.2, -0.15) is 0 Å². The van der Waals surface area contributed by atoms with Crippen LogP contribution in [0.25, 0.3) is 22.3 Å². The zero-order chi connectivity index (χ0) is 36.7. The monoisotopic (exact) mass is 690 g/mol. The van der Waals surface area contributed by atoms with Crippen molar-refractivity contribution in [1.82, 2.24) is 0 Å². The molecule has 1 aliphatic heterocycles. The molecule has 264 valence electrons. The van der Waals surface area contributed by atoms with Crippen molar-refractivity contribution in [2.24, 2.45) is 0 Å². The van der Waals surface area contributed by atoms with E-state index in [4.69, 9.17) is 0 Å². The van der Waals surface area contributed by atoms with Crippen LogP contribution in [0.2, 0.25) is 0 Å². The van der Waals surface area contributed by atoms with Gasteiger partial charge in [0.25, 0.3) is 0 Å². The summed E-state index contributed by atoms with van der Waals surface area (Å²) in [7, 11) is 0.867. The molecule has 2 nitrogen and oxygen atoms in total. The van der Waals surface area contributed by atoms with Crippen LogP contribution >= 0.6 is 0 Å². The van der Waals surface area contributed by atoms with Gasteiger partial charge in [0.2, 0.25) is 0 Å². The predicted molar refractivity (Wildman–Crippen MR) is 233 cm³/mol. The Morgan fingerprint density at radius 1 is 0.528 bits per heavy atom. The highest BCUT2D eigenvalue weighted by Gasteiger charge is 2.31. The number of nitrogens with zero attached hydrogens (tertiary/aromatic N) is 1. The first kappa shape index (κ1) is 34.8. The Kier molecular flexibility index (Phi) is 9.15. The first-order chi connectivity index (χ1) is 25.6. The number of hydrogen-bond donors (Lipinski definition) is 1. The highest BCUT2D eigenvalue weighted by molar-refractivity contribution is 6.73. The van der Waals surface area contributed by atoms with E-state index in [0.29, 0.717) is 0 Å². The molecule has 0 unspecified atom stereocenters. The minimum absolute atomic E-state index is 0.00842. The van der Waals surface area contributed by atoms with E-state index in [2.05, 4.69) is 191 Å². The quantitative estimate of drug-likeness (QED) is 0.175. The Morgan fingerprint density at radius 3 is 1.83 bits per heavy atom. The third-order valence-corrected chi connectivity index (χ3v) is 11.2. The summed E-state index contributed by atoms with van der Waals surface area (Å²) in [6.45, 7) is 13.9. The molecule has 0 radical (unpaired) electrons. The minimum Gasteiger partial charge on any atom is -0.355 e. The summed E-state index contributed by atoms with van der Waals surface area (Å²) in [6, 6.07) is 39.1. The van der Waals surface area contributed by atoms with Crippen LogP contribution in [-0.2, 0) is 10.8 Å². The van der Waals surface area contributed by atoms with E-state index in [9.17, 15) is 0 Å². The maximum Gasteiger partial charge on any atom is 0.198 e. The normalized spacial score (nSPS) is 15.2. The molecule has 53 heavy (non-hydrogen) atoms. The molecular weight excluding hydrogens is 639 g/mol. The molecule has 5 aromatic carbocycles. The fraction of sp³-hybridized carbons (Fsp3) is 0.240. The second kappa shape index (κ2) is 13.9. The summed E-state index contributed by atoms with van der Waals surface area (Å²) in [5.74, 6) is 0. The largest absolute Gasteiger partial charge is 0.355 e. The smallest absolute Gasteiger partial charge is 0.198 e. The van der Waals surface area contributed by atoms with Crippen LogP contribution in [0, 0.1) is 0 Å². The molecule has 8 rings (SSSR count). The van der Waals surface area contributed by atoms with Gasteiger partial charge >= 0.3 is 0 Å². The summed E-state index contributed by atoms with van der Waals surface area (Å²) in [6.07, 6.45) is 17.8. The standard InChI is InChI=1S/C50H51BN2/c1-49(2,3)36-28-30-40(44(32-36)52-43-25-15-13-22-38(43)34-18-9-7-10-19-34)41-24-17-27-46-48(41)51-42-31-29-37(50(4,5)6)33-47(42)53(46)45-26-16-14-23-39(45)35-20-11-8-12-21-35/h7-9,11,13-18,20,22-33,51-52H,10,12,19,21H2,1-6H3. The minimum atomic E-state index is 0.00842. The van der Waals surface area contributed by atoms with E-state index in [-0.39, 0.29) is 10.8 Å². The van der Waals surface area contributed by atoms with Crippen molar-refractivity contribution in [2.45, 2.75) is 78.1 Å². The lowest BCUT2D eigenvalue weighted by molar-refractivity contribution is 0.590. The molecule has 2 aliphatic carbocycles. The molecule has 0 spiro atoms. The maximum atomic E-state index is 4.00. The van der Waals surface area contributed by atoms with Gasteiger partial charge in [-0.15, -0.1) is 0 Å². The van der Waals surface area contributed by atoms with Gasteiger partial charge < -0.3 is 10.2 Å². The van der Waals surface area contributed by atoms with Crippen molar-refractivity contribution < 1.29 is 0 Å². The molecule has 0 saturated carbocycles. The molecule has 0 saturated heterocycles. The van der Waals surface area contributed by atoms with Crippen molar-refractivity contribution in [2.75, 3.05) is 10.2 Å². The van der Waals surface area contributed by atoms with Crippen molar-refractivity contribution in [3.05, 3.63) is 162 Å². The molecular formula is C50H51BN2. The molecule has 3 heteroatoms. The van der Waals surface area contributed by atoms with Gasteiger partial charge in [-0.3, -0.25) is 0 Å². The Labute approximate surface area is 317 Å². The summed E-state index contributed by atoms with van der Waals surface area (Å²) >= 11 is 0. The van der Waals surface area contributed by atoms with Crippen molar-refractivity contribution in [3.8, 4) is 11.1 Å². The number of hydrogen-bond acceptors (Lipinski definition) is 2. The highest BCUT2D eigenvalue weighted by atomic mass is 15.2. The van der Waals surface area contributed by atoms with Crippen LogP contribution in [0.4, 0.5) is 28.4 Å². The number of benzene rings is 5. The SMILES string of the molecule is CC(C)(C)c1ccc(-c2cccc3c2Bc2ccc(C(C)(C)C)cc2N3c2ccccc2C2=CC=CCC2)c(Nc2ccccc2C2=CC=CCC2)c1. The molecule has 0 bridgehead atoms. The first-order valence-electron chi connectivity index (χ1n) is 19.4. The summed E-state index contributed by atoms with van der Waals surface area (Å²) in [5, 5.41) is 4.00. The lowest BCUT2D eigenvalue weighted by atomic mass is 9.57. The summed E-state index contributed by atoms with van der Waals surface area (Å²) in [5.41, 5.74) is 19.4. The summed E-state index contributed by atoms with van der Waals surface area (Å²) < 4.78 is 0. The average Bonchev–Trinajstić information content (AvgIpc) is 3.17. The molecule has 0 fully saturated rings. The van der Waals surface area contributed by atoms with Gasteiger partial charge in [-0.1, -0.05) is 156 Å². The summed E-state index contributed by atoms with van der Waals surface area (Å²) in [4.78, 5) is 2.57. The Morgan fingerprint density at radius 2 is 1.13 bits per heavy atom. The Hall–Kier alpha value is -5.28. The van der Waals surface area contributed by atoms with Gasteiger partial charge in [0.05, 0.1) is 5.69 Å². The third kappa shape index (κ3) is 6.86. The van der Waals surface area contributed by atoms with E-state index in [1.165, 1.54) is 72.5 Å². The van der Waals surface area contributed by atoms with Gasteiger partial charge in [-0.25, -0.2) is 0 Å². The predicted octanol–water partition coefficient (Wildman–Crippen LogP) is 12.3. The lowest BCUT2D eigenvalue weighted by Crippen LogP contribution is -2.41. The van der Waals surface area contributed by atoms with Crippen LogP contribution < -0.4 is 21.1 Å². The van der Waals surface area contributed by atoms with Gasteiger partial charge in [0.1, 0.15) is 0 Å². The zero-order valence-electron chi connectivity index (χ0n) is 32.3. The number of para-hydroxylation sites is 2. The van der Waals surface area contributed by atoms with Crippen molar-refractivity contribution in [3.63, 3.8) is 0 Å². The first-order valence-corrected chi connectivity index (χ1v) is 19.4. The van der Waals surface area contributed by atoms with Crippen LogP contribution in [0.1, 0.15) is 89.5 Å². The van der Waals surface area contributed by atoms with E-state index < -0.39 is 0 Å².